The monoisotopic (exact) mass is 561 g/mol. The normalized spacial score (nSPS) is 22.0. The maximum Gasteiger partial charge on any atom is 0.387 e. The van der Waals surface area contributed by atoms with E-state index in [2.05, 4.69) is 9.80 Å². The Morgan fingerprint density at radius 1 is 1.10 bits per heavy atom. The smallest absolute Gasteiger partial charge is 0.387 e. The maximum absolute atomic E-state index is 13.8. The standard InChI is InChI=1S/C29H37F2N3O6/c1-5-38-27(37)22-15-34(18-6-7-18)24-21(25(22)36)9-8-20(26(24)39-28(30)31)17-12-19-14-32(10-11-33(19)13-17)16-23(35)40-29(2,3)4/h8-9,15,17-19,28H,5-7,10-14,16H2,1-4H3. The van der Waals surface area contributed by atoms with Crippen LogP contribution in [0.3, 0.4) is 0 Å². The average molecular weight is 562 g/mol. The molecule has 0 spiro atoms. The summed E-state index contributed by atoms with van der Waals surface area (Å²) < 4.78 is 45.1. The number of hydrogen-bond acceptors (Lipinski definition) is 8. The molecule has 2 aliphatic heterocycles. The SMILES string of the molecule is CCOC(=O)c1cn(C2CC2)c2c(OC(F)F)c(C3CC4CN(CC(=O)OC(C)(C)C)CCN4C3)ccc2c1=O. The topological polar surface area (TPSA) is 90.3 Å². The van der Waals surface area contributed by atoms with Gasteiger partial charge in [0.1, 0.15) is 11.2 Å². The fourth-order valence-electron chi connectivity index (χ4n) is 6.00. The van der Waals surface area contributed by atoms with Crippen molar-refractivity contribution >= 4 is 22.8 Å². The number of fused-ring (bicyclic) bond motifs is 2. The van der Waals surface area contributed by atoms with E-state index in [1.54, 1.807) is 23.6 Å². The zero-order valence-corrected chi connectivity index (χ0v) is 23.5. The number of aromatic nitrogens is 1. The number of alkyl halides is 2. The lowest BCUT2D eigenvalue weighted by atomic mass is 9.93. The van der Waals surface area contributed by atoms with Gasteiger partial charge in [-0.2, -0.15) is 8.78 Å². The Bertz CT molecular complexity index is 1350. The molecule has 3 heterocycles. The lowest BCUT2D eigenvalue weighted by Gasteiger charge is -2.37. The van der Waals surface area contributed by atoms with Crippen molar-refractivity contribution in [3.8, 4) is 5.75 Å². The lowest BCUT2D eigenvalue weighted by molar-refractivity contribution is -0.156. The van der Waals surface area contributed by atoms with E-state index in [0.717, 1.165) is 19.4 Å². The van der Waals surface area contributed by atoms with Gasteiger partial charge in [0.05, 0.1) is 24.1 Å². The van der Waals surface area contributed by atoms with Crippen LogP contribution in [0.5, 0.6) is 5.75 Å². The number of benzene rings is 1. The molecule has 1 aliphatic carbocycles. The molecule has 218 valence electrons. The van der Waals surface area contributed by atoms with Gasteiger partial charge >= 0.3 is 18.6 Å². The molecule has 2 atom stereocenters. The van der Waals surface area contributed by atoms with Crippen LogP contribution >= 0.6 is 0 Å². The zero-order valence-electron chi connectivity index (χ0n) is 23.5. The second kappa shape index (κ2) is 11.1. The predicted molar refractivity (Wildman–Crippen MR) is 144 cm³/mol. The minimum atomic E-state index is -3.08. The number of halogens is 2. The van der Waals surface area contributed by atoms with Crippen molar-refractivity contribution < 1.29 is 32.6 Å². The molecule has 1 aromatic carbocycles. The number of rotatable bonds is 8. The Morgan fingerprint density at radius 2 is 1.85 bits per heavy atom. The van der Waals surface area contributed by atoms with E-state index >= 15 is 0 Å². The van der Waals surface area contributed by atoms with Crippen molar-refractivity contribution in [3.05, 3.63) is 39.7 Å². The van der Waals surface area contributed by atoms with E-state index < -0.39 is 23.6 Å². The van der Waals surface area contributed by atoms with Crippen LogP contribution in [-0.4, -0.2) is 83.9 Å². The van der Waals surface area contributed by atoms with Gasteiger partial charge in [0.2, 0.25) is 5.43 Å². The third-order valence-electron chi connectivity index (χ3n) is 7.73. The van der Waals surface area contributed by atoms with Gasteiger partial charge in [-0.15, -0.1) is 0 Å². The first-order valence-corrected chi connectivity index (χ1v) is 14.0. The van der Waals surface area contributed by atoms with E-state index in [9.17, 15) is 23.2 Å². The zero-order chi connectivity index (χ0) is 28.8. The lowest BCUT2D eigenvalue weighted by Crippen LogP contribution is -2.51. The van der Waals surface area contributed by atoms with Crippen molar-refractivity contribution in [2.75, 3.05) is 39.3 Å². The van der Waals surface area contributed by atoms with Crippen molar-refractivity contribution in [2.45, 2.75) is 77.2 Å². The molecule has 0 radical (unpaired) electrons. The molecule has 2 unspecified atom stereocenters. The Hall–Kier alpha value is -3.05. The van der Waals surface area contributed by atoms with Crippen LogP contribution in [0, 0.1) is 0 Å². The van der Waals surface area contributed by atoms with Crippen LogP contribution in [-0.2, 0) is 14.3 Å². The van der Waals surface area contributed by atoms with Crippen molar-refractivity contribution in [1.82, 2.24) is 14.4 Å². The van der Waals surface area contributed by atoms with Gasteiger partial charge in [0.15, 0.2) is 5.75 Å². The second-order valence-corrected chi connectivity index (χ2v) is 11.9. The second-order valence-electron chi connectivity index (χ2n) is 11.9. The molecule has 5 rings (SSSR count). The minimum Gasteiger partial charge on any atom is -0.462 e. The quantitative estimate of drug-likeness (QED) is 0.448. The highest BCUT2D eigenvalue weighted by molar-refractivity contribution is 5.96. The first-order chi connectivity index (χ1) is 18.9. The number of hydrogen-bond donors (Lipinski definition) is 0. The van der Waals surface area contributed by atoms with Gasteiger partial charge in [-0.25, -0.2) is 4.79 Å². The van der Waals surface area contributed by atoms with Crippen LogP contribution in [0.2, 0.25) is 0 Å². The number of piperazine rings is 1. The van der Waals surface area contributed by atoms with Crippen LogP contribution < -0.4 is 10.2 Å². The molecular weight excluding hydrogens is 524 g/mol. The van der Waals surface area contributed by atoms with E-state index in [1.807, 2.05) is 20.8 Å². The summed E-state index contributed by atoms with van der Waals surface area (Å²) in [4.78, 5) is 42.6. The maximum atomic E-state index is 13.8. The largest absolute Gasteiger partial charge is 0.462 e. The highest BCUT2D eigenvalue weighted by atomic mass is 19.3. The van der Waals surface area contributed by atoms with E-state index in [-0.39, 0.29) is 53.8 Å². The predicted octanol–water partition coefficient (Wildman–Crippen LogP) is 3.93. The molecule has 11 heteroatoms. The Balaban J connectivity index is 1.46. The number of pyridine rings is 1. The molecule has 1 saturated carbocycles. The summed E-state index contributed by atoms with van der Waals surface area (Å²) in [5.41, 5.74) is -0.293. The number of carbonyl (C=O) groups is 2. The van der Waals surface area contributed by atoms with Crippen LogP contribution in [0.4, 0.5) is 8.78 Å². The first kappa shape index (κ1) is 28.5. The third-order valence-corrected chi connectivity index (χ3v) is 7.73. The van der Waals surface area contributed by atoms with Gasteiger partial charge in [-0.3, -0.25) is 19.4 Å². The molecule has 2 saturated heterocycles. The Morgan fingerprint density at radius 3 is 2.50 bits per heavy atom. The van der Waals surface area contributed by atoms with Gasteiger partial charge in [0.25, 0.3) is 0 Å². The van der Waals surface area contributed by atoms with E-state index in [0.29, 0.717) is 37.1 Å². The van der Waals surface area contributed by atoms with E-state index in [4.69, 9.17) is 14.2 Å². The summed E-state index contributed by atoms with van der Waals surface area (Å²) in [5.74, 6) is -1.09. The van der Waals surface area contributed by atoms with Crippen LogP contribution in [0.15, 0.2) is 23.1 Å². The molecule has 3 fully saturated rings. The number of carbonyl (C=O) groups excluding carboxylic acids is 2. The van der Waals surface area contributed by atoms with Gasteiger partial charge in [-0.05, 0) is 53.0 Å². The summed E-state index contributed by atoms with van der Waals surface area (Å²) in [6.07, 6.45) is 3.76. The van der Waals surface area contributed by atoms with Gasteiger partial charge < -0.3 is 18.8 Å². The highest BCUT2D eigenvalue weighted by Gasteiger charge is 2.40. The summed E-state index contributed by atoms with van der Waals surface area (Å²) in [6.45, 7) is 7.21. The minimum absolute atomic E-state index is 0.00219. The fourth-order valence-corrected chi connectivity index (χ4v) is 6.00. The summed E-state index contributed by atoms with van der Waals surface area (Å²) >= 11 is 0. The van der Waals surface area contributed by atoms with Crippen LogP contribution in [0.25, 0.3) is 10.9 Å². The summed E-state index contributed by atoms with van der Waals surface area (Å²) in [7, 11) is 0. The molecule has 1 aromatic heterocycles. The molecule has 0 amide bonds. The third kappa shape index (κ3) is 6.00. The molecule has 3 aliphatic rings. The first-order valence-electron chi connectivity index (χ1n) is 14.0. The van der Waals surface area contributed by atoms with Crippen molar-refractivity contribution in [3.63, 3.8) is 0 Å². The number of nitrogens with zero attached hydrogens (tertiary/aromatic N) is 3. The summed E-state index contributed by atoms with van der Waals surface area (Å²) in [5, 5.41) is 0.163. The van der Waals surface area contributed by atoms with Gasteiger partial charge in [0, 0.05) is 55.9 Å². The van der Waals surface area contributed by atoms with Crippen molar-refractivity contribution in [1.29, 1.82) is 0 Å². The average Bonchev–Trinajstić information content (AvgIpc) is 3.61. The molecule has 40 heavy (non-hydrogen) atoms. The molecule has 2 aromatic rings. The Labute approximate surface area is 231 Å². The van der Waals surface area contributed by atoms with E-state index in [1.165, 1.54) is 6.20 Å². The summed E-state index contributed by atoms with van der Waals surface area (Å²) in [6, 6.07) is 3.45. The fraction of sp³-hybridized carbons (Fsp3) is 0.621. The molecule has 9 nitrogen and oxygen atoms in total. The molecule has 0 bridgehead atoms. The molecule has 0 N–H and O–H groups in total. The van der Waals surface area contributed by atoms with Crippen molar-refractivity contribution in [2.24, 2.45) is 0 Å². The number of esters is 2. The Kier molecular flexibility index (Phi) is 7.89. The van der Waals surface area contributed by atoms with Crippen LogP contribution in [0.1, 0.15) is 74.8 Å². The van der Waals surface area contributed by atoms with Gasteiger partial charge in [-0.1, -0.05) is 6.07 Å². The molecular formula is C29H37F2N3O6. The number of ether oxygens (including phenoxy) is 3. The highest BCUT2D eigenvalue weighted by Crippen LogP contribution is 2.44.